The van der Waals surface area contributed by atoms with E-state index < -0.39 is 5.97 Å². The molecule has 1 saturated heterocycles. The minimum absolute atomic E-state index is 0.0386. The molecule has 0 bridgehead atoms. The van der Waals surface area contributed by atoms with Gasteiger partial charge in [-0.25, -0.2) is 4.79 Å². The second-order valence-electron chi connectivity index (χ2n) is 6.29. The van der Waals surface area contributed by atoms with Crippen molar-refractivity contribution in [3.63, 3.8) is 0 Å². The Labute approximate surface area is 151 Å². The van der Waals surface area contributed by atoms with Crippen molar-refractivity contribution < 1.29 is 19.1 Å². The van der Waals surface area contributed by atoms with Crippen molar-refractivity contribution >= 4 is 28.3 Å². The number of ether oxygens (including phenoxy) is 1. The van der Waals surface area contributed by atoms with E-state index in [1.165, 1.54) is 5.69 Å². The summed E-state index contributed by atoms with van der Waals surface area (Å²) in [5.41, 5.74) is 3.84. The Bertz CT molecular complexity index is 928. The third kappa shape index (κ3) is 3.50. The number of carboxylic acid groups (broad SMARTS) is 1. The zero-order chi connectivity index (χ0) is 17.9. The molecule has 6 nitrogen and oxygen atoms in total. The number of hydrogen-bond donors (Lipinski definition) is 2. The fourth-order valence-corrected chi connectivity index (χ4v) is 3.13. The van der Waals surface area contributed by atoms with Gasteiger partial charge in [0.1, 0.15) is 5.58 Å². The number of furan rings is 1. The maximum Gasteiger partial charge on any atom is 0.371 e. The highest BCUT2D eigenvalue weighted by Gasteiger charge is 2.12. The van der Waals surface area contributed by atoms with E-state index in [1.54, 1.807) is 6.07 Å². The monoisotopic (exact) mass is 352 g/mol. The Kier molecular flexibility index (Phi) is 4.50. The third-order valence-electron chi connectivity index (χ3n) is 4.51. The van der Waals surface area contributed by atoms with Crippen LogP contribution in [-0.4, -0.2) is 37.4 Å². The minimum atomic E-state index is -1.05. The number of morpholine rings is 1. The van der Waals surface area contributed by atoms with Gasteiger partial charge < -0.3 is 24.5 Å². The number of anilines is 2. The first-order valence-corrected chi connectivity index (χ1v) is 8.61. The Morgan fingerprint density at radius 3 is 2.77 bits per heavy atom. The van der Waals surface area contributed by atoms with E-state index in [1.807, 2.05) is 30.3 Å². The number of carbonyl (C=O) groups is 1. The number of rotatable bonds is 5. The molecule has 1 fully saturated rings. The molecule has 3 aromatic rings. The predicted octanol–water partition coefficient (Wildman–Crippen LogP) is 3.58. The Morgan fingerprint density at radius 1 is 1.12 bits per heavy atom. The van der Waals surface area contributed by atoms with Gasteiger partial charge in [0.25, 0.3) is 0 Å². The number of carboxylic acids is 1. The summed E-state index contributed by atoms with van der Waals surface area (Å²) in [7, 11) is 0. The van der Waals surface area contributed by atoms with Crippen LogP contribution in [-0.2, 0) is 11.3 Å². The number of hydrogen-bond acceptors (Lipinski definition) is 5. The summed E-state index contributed by atoms with van der Waals surface area (Å²) in [5, 5.41) is 13.2. The minimum Gasteiger partial charge on any atom is -0.475 e. The molecule has 6 heteroatoms. The maximum absolute atomic E-state index is 11.0. The van der Waals surface area contributed by atoms with E-state index in [9.17, 15) is 4.79 Å². The predicted molar refractivity (Wildman–Crippen MR) is 100.0 cm³/mol. The molecule has 1 aliphatic heterocycles. The van der Waals surface area contributed by atoms with Crippen molar-refractivity contribution in [1.29, 1.82) is 0 Å². The molecule has 26 heavy (non-hydrogen) atoms. The summed E-state index contributed by atoms with van der Waals surface area (Å²) in [5.74, 6) is -1.09. The Morgan fingerprint density at radius 2 is 1.96 bits per heavy atom. The van der Waals surface area contributed by atoms with Crippen LogP contribution in [0.15, 0.2) is 52.9 Å². The largest absolute Gasteiger partial charge is 0.475 e. The standard InChI is InChI=1S/C20H20N2O4/c23-20(24)19-11-15-5-4-14(10-18(15)26-19)13-21-16-2-1-3-17(12-16)22-6-8-25-9-7-22/h1-5,10-12,21H,6-9,13H2,(H,23,24). The quantitative estimate of drug-likeness (QED) is 0.731. The summed E-state index contributed by atoms with van der Waals surface area (Å²) >= 11 is 0. The summed E-state index contributed by atoms with van der Waals surface area (Å²) < 4.78 is 10.8. The highest BCUT2D eigenvalue weighted by atomic mass is 16.5. The van der Waals surface area contributed by atoms with E-state index in [0.29, 0.717) is 12.1 Å². The highest BCUT2D eigenvalue weighted by molar-refractivity contribution is 5.91. The number of aromatic carboxylic acids is 1. The van der Waals surface area contributed by atoms with Crippen LogP contribution in [0.2, 0.25) is 0 Å². The summed E-state index contributed by atoms with van der Waals surface area (Å²) in [6.07, 6.45) is 0. The van der Waals surface area contributed by atoms with Crippen molar-refractivity contribution in [2.75, 3.05) is 36.5 Å². The van der Waals surface area contributed by atoms with Crippen molar-refractivity contribution in [2.45, 2.75) is 6.54 Å². The first kappa shape index (κ1) is 16.5. The van der Waals surface area contributed by atoms with Crippen LogP contribution >= 0.6 is 0 Å². The molecule has 0 unspecified atom stereocenters. The van der Waals surface area contributed by atoms with Gasteiger partial charge in [-0.3, -0.25) is 0 Å². The lowest BCUT2D eigenvalue weighted by Crippen LogP contribution is -2.36. The summed E-state index contributed by atoms with van der Waals surface area (Å²) in [4.78, 5) is 13.3. The second-order valence-corrected chi connectivity index (χ2v) is 6.29. The van der Waals surface area contributed by atoms with Gasteiger partial charge >= 0.3 is 5.97 Å². The van der Waals surface area contributed by atoms with E-state index in [4.69, 9.17) is 14.3 Å². The molecular weight excluding hydrogens is 332 g/mol. The van der Waals surface area contributed by atoms with E-state index in [-0.39, 0.29) is 5.76 Å². The maximum atomic E-state index is 11.0. The average Bonchev–Trinajstić information content (AvgIpc) is 3.11. The fraction of sp³-hybridized carbons (Fsp3) is 0.250. The molecular formula is C20H20N2O4. The lowest BCUT2D eigenvalue weighted by Gasteiger charge is -2.29. The number of nitrogens with zero attached hydrogens (tertiary/aromatic N) is 1. The molecule has 134 valence electrons. The van der Waals surface area contributed by atoms with Crippen LogP contribution in [0.1, 0.15) is 16.1 Å². The molecule has 2 heterocycles. The van der Waals surface area contributed by atoms with Gasteiger partial charge in [-0.1, -0.05) is 18.2 Å². The van der Waals surface area contributed by atoms with Gasteiger partial charge in [-0.05, 0) is 35.9 Å². The summed E-state index contributed by atoms with van der Waals surface area (Å²) in [6.45, 7) is 3.97. The van der Waals surface area contributed by atoms with Gasteiger partial charge in [0.15, 0.2) is 0 Å². The van der Waals surface area contributed by atoms with E-state index in [0.717, 1.165) is 42.9 Å². The molecule has 1 aromatic heterocycles. The van der Waals surface area contributed by atoms with Crippen LogP contribution in [0.5, 0.6) is 0 Å². The zero-order valence-corrected chi connectivity index (χ0v) is 14.3. The van der Waals surface area contributed by atoms with Crippen LogP contribution in [0, 0.1) is 0 Å². The molecule has 0 radical (unpaired) electrons. The van der Waals surface area contributed by atoms with Gasteiger partial charge in [0, 0.05) is 36.4 Å². The molecule has 1 aliphatic rings. The number of benzene rings is 2. The van der Waals surface area contributed by atoms with Gasteiger partial charge in [-0.15, -0.1) is 0 Å². The normalized spacial score (nSPS) is 14.5. The molecule has 0 saturated carbocycles. The molecule has 0 aliphatic carbocycles. The number of fused-ring (bicyclic) bond motifs is 1. The van der Waals surface area contributed by atoms with Crippen molar-refractivity contribution in [1.82, 2.24) is 0 Å². The molecule has 2 aromatic carbocycles. The molecule has 0 amide bonds. The molecule has 0 atom stereocenters. The van der Waals surface area contributed by atoms with Crippen LogP contribution in [0.25, 0.3) is 11.0 Å². The third-order valence-corrected chi connectivity index (χ3v) is 4.51. The summed E-state index contributed by atoms with van der Waals surface area (Å²) in [6, 6.07) is 15.6. The van der Waals surface area contributed by atoms with E-state index >= 15 is 0 Å². The van der Waals surface area contributed by atoms with Gasteiger partial charge in [-0.2, -0.15) is 0 Å². The lowest BCUT2D eigenvalue weighted by molar-refractivity contribution is 0.0665. The first-order chi connectivity index (χ1) is 12.7. The lowest BCUT2D eigenvalue weighted by atomic mass is 10.1. The number of nitrogens with one attached hydrogen (secondary N) is 1. The molecule has 4 rings (SSSR count). The highest BCUT2D eigenvalue weighted by Crippen LogP contribution is 2.23. The zero-order valence-electron chi connectivity index (χ0n) is 14.3. The Balaban J connectivity index is 1.46. The second kappa shape index (κ2) is 7.09. The molecule has 0 spiro atoms. The Hall–Kier alpha value is -2.99. The average molecular weight is 352 g/mol. The van der Waals surface area contributed by atoms with Crippen LogP contribution < -0.4 is 10.2 Å². The van der Waals surface area contributed by atoms with E-state index in [2.05, 4.69) is 22.3 Å². The van der Waals surface area contributed by atoms with Crippen molar-refractivity contribution in [2.24, 2.45) is 0 Å². The molecule has 2 N–H and O–H groups in total. The van der Waals surface area contributed by atoms with Gasteiger partial charge in [0.05, 0.1) is 13.2 Å². The SMILES string of the molecule is O=C(O)c1cc2ccc(CNc3cccc(N4CCOCC4)c3)cc2o1. The van der Waals surface area contributed by atoms with Crippen LogP contribution in [0.4, 0.5) is 11.4 Å². The van der Waals surface area contributed by atoms with Crippen molar-refractivity contribution in [3.05, 3.63) is 59.9 Å². The first-order valence-electron chi connectivity index (χ1n) is 8.61. The smallest absolute Gasteiger partial charge is 0.371 e. The van der Waals surface area contributed by atoms with Crippen molar-refractivity contribution in [3.8, 4) is 0 Å². The van der Waals surface area contributed by atoms with Gasteiger partial charge in [0.2, 0.25) is 5.76 Å². The fourth-order valence-electron chi connectivity index (χ4n) is 3.13. The van der Waals surface area contributed by atoms with Crippen LogP contribution in [0.3, 0.4) is 0 Å². The topological polar surface area (TPSA) is 74.9 Å².